The van der Waals surface area contributed by atoms with Gasteiger partial charge in [0.15, 0.2) is 0 Å². The molecule has 26 heavy (non-hydrogen) atoms. The van der Waals surface area contributed by atoms with Crippen LogP contribution in [0.4, 0.5) is 5.69 Å². The molecule has 2 rings (SSSR count). The molecule has 0 radical (unpaired) electrons. The molecule has 1 aliphatic heterocycles. The van der Waals surface area contributed by atoms with Crippen LogP contribution in [0.25, 0.3) is 0 Å². The second-order valence-corrected chi connectivity index (χ2v) is 8.39. The van der Waals surface area contributed by atoms with Gasteiger partial charge in [-0.05, 0) is 38.4 Å². The van der Waals surface area contributed by atoms with E-state index in [-0.39, 0.29) is 29.8 Å². The van der Waals surface area contributed by atoms with Crippen molar-refractivity contribution in [3.8, 4) is 0 Å². The Labute approximate surface area is 154 Å². The molecule has 1 aromatic rings. The van der Waals surface area contributed by atoms with Crippen LogP contribution in [0.1, 0.15) is 13.3 Å². The third-order valence-electron chi connectivity index (χ3n) is 4.14. The van der Waals surface area contributed by atoms with Crippen molar-refractivity contribution in [2.75, 3.05) is 52.1 Å². The van der Waals surface area contributed by atoms with Crippen LogP contribution in [0.2, 0.25) is 0 Å². The van der Waals surface area contributed by atoms with E-state index in [0.717, 1.165) is 0 Å². The van der Waals surface area contributed by atoms with Crippen LogP contribution in [0.5, 0.6) is 0 Å². The molecular formula is C17H26N4O4S. The van der Waals surface area contributed by atoms with E-state index in [1.165, 1.54) is 16.4 Å². The van der Waals surface area contributed by atoms with Crippen molar-refractivity contribution in [1.82, 2.24) is 14.1 Å². The van der Waals surface area contributed by atoms with Gasteiger partial charge in [-0.2, -0.15) is 4.31 Å². The van der Waals surface area contributed by atoms with Gasteiger partial charge < -0.3 is 15.1 Å². The largest absolute Gasteiger partial charge is 0.339 e. The smallest absolute Gasteiger partial charge is 0.243 e. The Morgan fingerprint density at radius 3 is 2.15 bits per heavy atom. The fraction of sp³-hybridized carbons (Fsp3) is 0.529. The molecule has 8 nitrogen and oxygen atoms in total. The molecule has 0 aromatic heterocycles. The predicted octanol–water partition coefficient (Wildman–Crippen LogP) is 0.430. The van der Waals surface area contributed by atoms with Crippen molar-refractivity contribution in [3.63, 3.8) is 0 Å². The maximum atomic E-state index is 12.8. The fourth-order valence-electron chi connectivity index (χ4n) is 2.66. The highest BCUT2D eigenvalue weighted by Gasteiger charge is 2.30. The van der Waals surface area contributed by atoms with Crippen molar-refractivity contribution in [1.29, 1.82) is 0 Å². The monoisotopic (exact) mass is 382 g/mol. The summed E-state index contributed by atoms with van der Waals surface area (Å²) in [6, 6.07) is 6.14. The molecule has 0 bridgehead atoms. The van der Waals surface area contributed by atoms with Crippen LogP contribution in [-0.4, -0.2) is 81.2 Å². The van der Waals surface area contributed by atoms with Crippen molar-refractivity contribution < 1.29 is 18.0 Å². The number of nitrogens with zero attached hydrogens (tertiary/aromatic N) is 3. The minimum Gasteiger partial charge on any atom is -0.339 e. The van der Waals surface area contributed by atoms with Gasteiger partial charge in [0.25, 0.3) is 0 Å². The molecule has 1 saturated heterocycles. The molecule has 1 aromatic carbocycles. The first-order valence-corrected chi connectivity index (χ1v) is 10.0. The third-order valence-corrected chi connectivity index (χ3v) is 6.05. The molecule has 1 heterocycles. The van der Waals surface area contributed by atoms with Gasteiger partial charge in [-0.3, -0.25) is 9.59 Å². The number of anilines is 1. The van der Waals surface area contributed by atoms with E-state index in [4.69, 9.17) is 0 Å². The topological polar surface area (TPSA) is 90.0 Å². The van der Waals surface area contributed by atoms with Gasteiger partial charge in [0.1, 0.15) is 0 Å². The Morgan fingerprint density at radius 2 is 1.65 bits per heavy atom. The lowest BCUT2D eigenvalue weighted by Gasteiger charge is -2.34. The summed E-state index contributed by atoms with van der Waals surface area (Å²) in [6.45, 7) is 3.38. The second-order valence-electron chi connectivity index (χ2n) is 6.45. The quantitative estimate of drug-likeness (QED) is 0.771. The zero-order chi connectivity index (χ0) is 19.3. The van der Waals surface area contributed by atoms with Crippen LogP contribution in [-0.2, 0) is 19.6 Å². The Morgan fingerprint density at radius 1 is 1.08 bits per heavy atom. The van der Waals surface area contributed by atoms with E-state index in [1.807, 2.05) is 14.1 Å². The molecule has 0 spiro atoms. The number of amides is 2. The Balaban J connectivity index is 2.00. The van der Waals surface area contributed by atoms with Crippen molar-refractivity contribution >= 4 is 27.5 Å². The minimum atomic E-state index is -3.61. The van der Waals surface area contributed by atoms with E-state index in [2.05, 4.69) is 5.32 Å². The third kappa shape index (κ3) is 5.03. The van der Waals surface area contributed by atoms with Crippen LogP contribution < -0.4 is 5.32 Å². The lowest BCUT2D eigenvalue weighted by Crippen LogP contribution is -2.52. The first kappa shape index (κ1) is 20.3. The van der Waals surface area contributed by atoms with Crippen molar-refractivity contribution in [2.45, 2.75) is 18.2 Å². The summed E-state index contributed by atoms with van der Waals surface area (Å²) in [5, 5.41) is 2.69. The Bertz CT molecular complexity index is 739. The van der Waals surface area contributed by atoms with Crippen LogP contribution >= 0.6 is 0 Å². The number of carbonyl (C=O) groups is 2. The molecule has 0 unspecified atom stereocenters. The molecule has 1 aliphatic rings. The summed E-state index contributed by atoms with van der Waals surface area (Å²) in [6.07, 6.45) is 0.358. The summed E-state index contributed by atoms with van der Waals surface area (Å²) >= 11 is 0. The van der Waals surface area contributed by atoms with Gasteiger partial charge in [-0.25, -0.2) is 8.42 Å². The predicted molar refractivity (Wildman–Crippen MR) is 99.3 cm³/mol. The summed E-state index contributed by atoms with van der Waals surface area (Å²) < 4.78 is 26.9. The number of carbonyl (C=O) groups excluding carboxylic acids is 2. The Kier molecular flexibility index (Phi) is 6.74. The molecule has 0 aliphatic carbocycles. The number of sulfonamides is 1. The number of likely N-dealkylation sites (N-methyl/N-ethyl adjacent to an activating group) is 1. The van der Waals surface area contributed by atoms with Crippen LogP contribution in [0.15, 0.2) is 29.2 Å². The highest BCUT2D eigenvalue weighted by Crippen LogP contribution is 2.20. The van der Waals surface area contributed by atoms with Gasteiger partial charge in [-0.15, -0.1) is 0 Å². The summed E-state index contributed by atoms with van der Waals surface area (Å²) in [7, 11) is 0.0365. The standard InChI is InChI=1S/C17H26N4O4S/c1-4-16(22)18-14-5-7-15(8-6-14)26(24,25)21-11-9-20(10-12-21)17(23)13-19(2)3/h5-8H,4,9-13H2,1-3H3,(H,18,22). The first-order valence-electron chi connectivity index (χ1n) is 8.56. The highest BCUT2D eigenvalue weighted by atomic mass is 32.2. The maximum Gasteiger partial charge on any atom is 0.243 e. The number of rotatable bonds is 6. The average molecular weight is 382 g/mol. The minimum absolute atomic E-state index is 0.00284. The number of nitrogens with one attached hydrogen (secondary N) is 1. The average Bonchev–Trinajstić information content (AvgIpc) is 2.61. The van der Waals surface area contributed by atoms with E-state index < -0.39 is 10.0 Å². The lowest BCUT2D eigenvalue weighted by atomic mass is 10.3. The van der Waals surface area contributed by atoms with Crippen molar-refractivity contribution in [3.05, 3.63) is 24.3 Å². The molecule has 1 N–H and O–H groups in total. The molecular weight excluding hydrogens is 356 g/mol. The van der Waals surface area contributed by atoms with Gasteiger partial charge in [0, 0.05) is 38.3 Å². The fourth-order valence-corrected chi connectivity index (χ4v) is 4.08. The van der Waals surface area contributed by atoms with E-state index in [0.29, 0.717) is 31.7 Å². The molecule has 9 heteroatoms. The molecule has 0 saturated carbocycles. The van der Waals surface area contributed by atoms with E-state index >= 15 is 0 Å². The molecule has 0 atom stereocenters. The SMILES string of the molecule is CCC(=O)Nc1ccc(S(=O)(=O)N2CCN(C(=O)CN(C)C)CC2)cc1. The zero-order valence-corrected chi connectivity index (χ0v) is 16.3. The first-order chi connectivity index (χ1) is 12.2. The van der Waals surface area contributed by atoms with Gasteiger partial charge in [0.2, 0.25) is 21.8 Å². The summed E-state index contributed by atoms with van der Waals surface area (Å²) in [4.78, 5) is 27.1. The molecule has 144 valence electrons. The second kappa shape index (κ2) is 8.61. The number of hydrogen-bond donors (Lipinski definition) is 1. The van der Waals surface area contributed by atoms with E-state index in [9.17, 15) is 18.0 Å². The Hall–Kier alpha value is -1.97. The maximum absolute atomic E-state index is 12.8. The summed E-state index contributed by atoms with van der Waals surface area (Å²) in [5.74, 6) is -0.123. The normalized spacial score (nSPS) is 15.9. The van der Waals surface area contributed by atoms with Crippen LogP contribution in [0.3, 0.4) is 0 Å². The van der Waals surface area contributed by atoms with Crippen molar-refractivity contribution in [2.24, 2.45) is 0 Å². The lowest BCUT2D eigenvalue weighted by molar-refractivity contribution is -0.133. The highest BCUT2D eigenvalue weighted by molar-refractivity contribution is 7.89. The van der Waals surface area contributed by atoms with Crippen LogP contribution in [0, 0.1) is 0 Å². The summed E-state index contributed by atoms with van der Waals surface area (Å²) in [5.41, 5.74) is 0.565. The number of benzene rings is 1. The zero-order valence-electron chi connectivity index (χ0n) is 15.4. The number of hydrogen-bond acceptors (Lipinski definition) is 5. The van der Waals surface area contributed by atoms with Gasteiger partial charge >= 0.3 is 0 Å². The van der Waals surface area contributed by atoms with Gasteiger partial charge in [-0.1, -0.05) is 6.92 Å². The number of piperazine rings is 1. The molecule has 1 fully saturated rings. The van der Waals surface area contributed by atoms with Gasteiger partial charge in [0.05, 0.1) is 11.4 Å². The van der Waals surface area contributed by atoms with E-state index in [1.54, 1.807) is 28.9 Å². The molecule has 2 amide bonds.